The Hall–Kier alpha value is -1.76. The first-order chi connectivity index (χ1) is 12.8. The Morgan fingerprint density at radius 3 is 2.85 bits per heavy atom. The van der Waals surface area contributed by atoms with Crippen LogP contribution in [0.15, 0.2) is 18.2 Å². The van der Waals surface area contributed by atoms with Crippen molar-refractivity contribution in [2.45, 2.75) is 44.6 Å². The summed E-state index contributed by atoms with van der Waals surface area (Å²) in [6.45, 7) is 3.16. The maximum absolute atomic E-state index is 5.74. The van der Waals surface area contributed by atoms with E-state index in [0.717, 1.165) is 49.8 Å². The minimum atomic E-state index is 0.372. The summed E-state index contributed by atoms with van der Waals surface area (Å²) in [5.74, 6) is 2.15. The lowest BCUT2D eigenvalue weighted by Crippen LogP contribution is -2.15. The van der Waals surface area contributed by atoms with E-state index in [2.05, 4.69) is 18.2 Å². The molecule has 1 fully saturated rings. The molecule has 0 bridgehead atoms. The van der Waals surface area contributed by atoms with E-state index in [9.17, 15) is 0 Å². The molecule has 1 saturated heterocycles. The minimum absolute atomic E-state index is 0.372. The molecular formula is C20H27N3O3. The highest BCUT2D eigenvalue weighted by Crippen LogP contribution is 2.28. The first kappa shape index (κ1) is 17.6. The molecule has 0 amide bonds. The average molecular weight is 357 g/mol. The summed E-state index contributed by atoms with van der Waals surface area (Å²) in [7, 11) is 1.68. The van der Waals surface area contributed by atoms with Crippen LogP contribution in [-0.4, -0.2) is 48.3 Å². The highest BCUT2D eigenvalue weighted by molar-refractivity contribution is 5.42. The Morgan fingerprint density at radius 2 is 2.00 bits per heavy atom. The third kappa shape index (κ3) is 3.82. The maximum Gasteiger partial charge on any atom is 0.158 e. The number of aryl methyl sites for hydroxylation is 2. The number of methoxy groups -OCH3 is 1. The predicted octanol–water partition coefficient (Wildman–Crippen LogP) is 2.81. The van der Waals surface area contributed by atoms with Gasteiger partial charge < -0.3 is 14.2 Å². The van der Waals surface area contributed by atoms with Gasteiger partial charge in [0.1, 0.15) is 6.61 Å². The molecule has 140 valence electrons. The lowest BCUT2D eigenvalue weighted by molar-refractivity contribution is 0.0577. The fourth-order valence-electron chi connectivity index (χ4n) is 3.79. The SMILES string of the molecule is COCCOCc1nc(C2CCOCC2)nn1-c1ccc2c(c1)CCC2. The van der Waals surface area contributed by atoms with Crippen LogP contribution in [-0.2, 0) is 33.7 Å². The Labute approximate surface area is 154 Å². The number of nitrogens with zero attached hydrogens (tertiary/aromatic N) is 3. The van der Waals surface area contributed by atoms with Gasteiger partial charge in [-0.15, -0.1) is 0 Å². The van der Waals surface area contributed by atoms with Gasteiger partial charge in [0.15, 0.2) is 11.6 Å². The molecule has 26 heavy (non-hydrogen) atoms. The molecule has 1 aliphatic carbocycles. The van der Waals surface area contributed by atoms with Crippen molar-refractivity contribution in [1.29, 1.82) is 0 Å². The number of benzene rings is 1. The molecule has 0 unspecified atom stereocenters. The molecule has 0 atom stereocenters. The number of aromatic nitrogens is 3. The number of hydrogen-bond acceptors (Lipinski definition) is 5. The van der Waals surface area contributed by atoms with E-state index in [-0.39, 0.29) is 0 Å². The van der Waals surface area contributed by atoms with Crippen molar-refractivity contribution >= 4 is 0 Å². The Balaban J connectivity index is 1.60. The normalized spacial score (nSPS) is 17.6. The number of rotatable bonds is 7. The lowest BCUT2D eigenvalue weighted by atomic mass is 10.00. The summed E-state index contributed by atoms with van der Waals surface area (Å²) in [5, 5.41) is 4.87. The highest BCUT2D eigenvalue weighted by Gasteiger charge is 2.23. The van der Waals surface area contributed by atoms with Crippen LogP contribution in [0.2, 0.25) is 0 Å². The molecule has 2 aromatic rings. The van der Waals surface area contributed by atoms with E-state index in [1.165, 1.54) is 24.0 Å². The zero-order chi connectivity index (χ0) is 17.8. The second kappa shape index (κ2) is 8.29. The Bertz CT molecular complexity index is 738. The van der Waals surface area contributed by atoms with Gasteiger partial charge in [0.2, 0.25) is 0 Å². The van der Waals surface area contributed by atoms with Gasteiger partial charge in [0, 0.05) is 26.2 Å². The van der Waals surface area contributed by atoms with Crippen LogP contribution in [0.5, 0.6) is 0 Å². The molecule has 1 aromatic heterocycles. The molecule has 4 rings (SSSR count). The second-order valence-electron chi connectivity index (χ2n) is 7.04. The summed E-state index contributed by atoms with van der Waals surface area (Å²) in [6, 6.07) is 6.66. The van der Waals surface area contributed by atoms with Gasteiger partial charge in [-0.25, -0.2) is 9.67 Å². The molecule has 0 N–H and O–H groups in total. The van der Waals surface area contributed by atoms with Crippen LogP contribution in [0.4, 0.5) is 0 Å². The van der Waals surface area contributed by atoms with Crippen molar-refractivity contribution in [2.24, 2.45) is 0 Å². The molecule has 6 heteroatoms. The van der Waals surface area contributed by atoms with Crippen LogP contribution < -0.4 is 0 Å². The van der Waals surface area contributed by atoms with Gasteiger partial charge in [-0.2, -0.15) is 5.10 Å². The molecule has 1 aliphatic heterocycles. The van der Waals surface area contributed by atoms with Crippen LogP contribution >= 0.6 is 0 Å². The minimum Gasteiger partial charge on any atom is -0.382 e. The summed E-state index contributed by atoms with van der Waals surface area (Å²) in [6.07, 6.45) is 5.56. The van der Waals surface area contributed by atoms with Crippen molar-refractivity contribution in [3.63, 3.8) is 0 Å². The first-order valence-corrected chi connectivity index (χ1v) is 9.57. The van der Waals surface area contributed by atoms with Crippen LogP contribution in [0.1, 0.15) is 48.0 Å². The largest absolute Gasteiger partial charge is 0.382 e. The molecule has 6 nitrogen and oxygen atoms in total. The van der Waals surface area contributed by atoms with Gasteiger partial charge in [-0.1, -0.05) is 6.07 Å². The fourth-order valence-corrected chi connectivity index (χ4v) is 3.79. The lowest BCUT2D eigenvalue weighted by Gasteiger charge is -2.18. The summed E-state index contributed by atoms with van der Waals surface area (Å²) in [4.78, 5) is 4.83. The van der Waals surface area contributed by atoms with Crippen molar-refractivity contribution in [3.8, 4) is 5.69 Å². The number of hydrogen-bond donors (Lipinski definition) is 0. The zero-order valence-corrected chi connectivity index (χ0v) is 15.4. The molecule has 0 radical (unpaired) electrons. The Kier molecular flexibility index (Phi) is 5.62. The van der Waals surface area contributed by atoms with E-state index in [1.54, 1.807) is 7.11 Å². The quantitative estimate of drug-likeness (QED) is 0.713. The predicted molar refractivity (Wildman–Crippen MR) is 97.7 cm³/mol. The average Bonchev–Trinajstić information content (AvgIpc) is 3.32. The van der Waals surface area contributed by atoms with E-state index in [4.69, 9.17) is 24.3 Å². The molecule has 1 aromatic carbocycles. The molecule has 0 saturated carbocycles. The van der Waals surface area contributed by atoms with Crippen molar-refractivity contribution in [1.82, 2.24) is 14.8 Å². The van der Waals surface area contributed by atoms with Gasteiger partial charge in [0.05, 0.1) is 18.9 Å². The van der Waals surface area contributed by atoms with Crippen LogP contribution in [0.25, 0.3) is 5.69 Å². The Morgan fingerprint density at radius 1 is 1.15 bits per heavy atom. The molecule has 2 aliphatic rings. The van der Waals surface area contributed by atoms with E-state index >= 15 is 0 Å². The van der Waals surface area contributed by atoms with Crippen molar-refractivity contribution < 1.29 is 14.2 Å². The van der Waals surface area contributed by atoms with E-state index in [0.29, 0.717) is 25.7 Å². The maximum atomic E-state index is 5.74. The smallest absolute Gasteiger partial charge is 0.158 e. The molecular weight excluding hydrogens is 330 g/mol. The summed E-state index contributed by atoms with van der Waals surface area (Å²) >= 11 is 0. The fraction of sp³-hybridized carbons (Fsp3) is 0.600. The number of ether oxygens (including phenoxy) is 3. The van der Waals surface area contributed by atoms with Crippen LogP contribution in [0.3, 0.4) is 0 Å². The monoisotopic (exact) mass is 357 g/mol. The zero-order valence-electron chi connectivity index (χ0n) is 15.4. The number of fused-ring (bicyclic) bond motifs is 1. The van der Waals surface area contributed by atoms with Crippen molar-refractivity contribution in [3.05, 3.63) is 41.0 Å². The standard InChI is InChI=1S/C20H27N3O3/c1-24-11-12-26-14-19-21-20(16-7-9-25-10-8-16)22-23(19)18-6-5-15-3-2-4-17(15)13-18/h5-6,13,16H,2-4,7-12,14H2,1H3. The van der Waals surface area contributed by atoms with Gasteiger partial charge in [0.25, 0.3) is 0 Å². The van der Waals surface area contributed by atoms with E-state index < -0.39 is 0 Å². The third-order valence-electron chi connectivity index (χ3n) is 5.27. The van der Waals surface area contributed by atoms with Crippen LogP contribution in [0, 0.1) is 0 Å². The highest BCUT2D eigenvalue weighted by atomic mass is 16.5. The second-order valence-corrected chi connectivity index (χ2v) is 7.04. The first-order valence-electron chi connectivity index (χ1n) is 9.57. The third-order valence-corrected chi connectivity index (χ3v) is 5.27. The van der Waals surface area contributed by atoms with E-state index in [1.807, 2.05) is 4.68 Å². The molecule has 2 heterocycles. The molecule has 0 spiro atoms. The summed E-state index contributed by atoms with van der Waals surface area (Å²) < 4.78 is 18.3. The van der Waals surface area contributed by atoms with Gasteiger partial charge in [-0.05, 0) is 55.4 Å². The topological polar surface area (TPSA) is 58.4 Å². The van der Waals surface area contributed by atoms with Gasteiger partial charge in [-0.3, -0.25) is 0 Å². The van der Waals surface area contributed by atoms with Gasteiger partial charge >= 0.3 is 0 Å². The summed E-state index contributed by atoms with van der Waals surface area (Å²) in [5.41, 5.74) is 4.00. The van der Waals surface area contributed by atoms with Crippen molar-refractivity contribution in [2.75, 3.05) is 33.5 Å².